The SMILES string of the molecule is NC(=NCCN1C(=O)CCCC1=O)NC1CCCCCC1. The fourth-order valence-electron chi connectivity index (χ4n) is 3.00. The molecule has 1 heterocycles. The number of hydrogen-bond donors (Lipinski definition) is 2. The Morgan fingerprint density at radius 1 is 1.10 bits per heavy atom. The number of rotatable bonds is 4. The second kappa shape index (κ2) is 8.00. The van der Waals surface area contributed by atoms with Gasteiger partial charge in [-0.15, -0.1) is 0 Å². The molecule has 0 aromatic heterocycles. The molecule has 0 aromatic rings. The molecule has 2 amide bonds. The van der Waals surface area contributed by atoms with Crippen molar-refractivity contribution in [3.05, 3.63) is 0 Å². The standard InChI is InChI=1S/C15H26N4O2/c16-15(18-12-6-3-1-2-4-7-12)17-10-11-19-13(20)8-5-9-14(19)21/h12H,1-11H2,(H3,16,17,18). The molecule has 6 heteroatoms. The molecule has 2 fully saturated rings. The first-order valence-corrected chi connectivity index (χ1v) is 8.06. The van der Waals surface area contributed by atoms with Crippen LogP contribution < -0.4 is 11.1 Å². The van der Waals surface area contributed by atoms with Gasteiger partial charge in [0.2, 0.25) is 11.8 Å². The number of piperidine rings is 1. The normalized spacial score (nSPS) is 22.3. The summed E-state index contributed by atoms with van der Waals surface area (Å²) in [7, 11) is 0. The average molecular weight is 294 g/mol. The molecule has 1 saturated carbocycles. The van der Waals surface area contributed by atoms with Crippen molar-refractivity contribution in [1.29, 1.82) is 0 Å². The topological polar surface area (TPSA) is 87.8 Å². The second-order valence-electron chi connectivity index (χ2n) is 5.89. The minimum atomic E-state index is -0.0863. The summed E-state index contributed by atoms with van der Waals surface area (Å²) in [5.74, 6) is 0.257. The van der Waals surface area contributed by atoms with Gasteiger partial charge in [0.05, 0.1) is 6.54 Å². The third-order valence-corrected chi connectivity index (χ3v) is 4.20. The average Bonchev–Trinajstić information content (AvgIpc) is 2.71. The minimum Gasteiger partial charge on any atom is -0.370 e. The van der Waals surface area contributed by atoms with Crippen LogP contribution in [0.5, 0.6) is 0 Å². The smallest absolute Gasteiger partial charge is 0.229 e. The van der Waals surface area contributed by atoms with Crippen LogP contribution in [0.3, 0.4) is 0 Å². The lowest BCUT2D eigenvalue weighted by Gasteiger charge is -2.24. The molecule has 21 heavy (non-hydrogen) atoms. The minimum absolute atomic E-state index is 0.0863. The van der Waals surface area contributed by atoms with Gasteiger partial charge in [0.1, 0.15) is 0 Å². The summed E-state index contributed by atoms with van der Waals surface area (Å²) in [6, 6.07) is 0.412. The predicted octanol–water partition coefficient (Wildman–Crippen LogP) is 1.15. The highest BCUT2D eigenvalue weighted by Crippen LogP contribution is 2.17. The molecule has 0 spiro atoms. The first kappa shape index (κ1) is 15.8. The summed E-state index contributed by atoms with van der Waals surface area (Å²) in [5, 5.41) is 3.26. The third kappa shape index (κ3) is 5.02. The molecule has 0 bridgehead atoms. The van der Waals surface area contributed by atoms with E-state index in [-0.39, 0.29) is 11.8 Å². The van der Waals surface area contributed by atoms with Crippen molar-refractivity contribution in [2.45, 2.75) is 63.8 Å². The third-order valence-electron chi connectivity index (χ3n) is 4.20. The van der Waals surface area contributed by atoms with Crippen molar-refractivity contribution in [2.75, 3.05) is 13.1 Å². The van der Waals surface area contributed by atoms with Gasteiger partial charge in [0, 0.05) is 25.4 Å². The van der Waals surface area contributed by atoms with E-state index in [4.69, 9.17) is 5.73 Å². The maximum Gasteiger partial charge on any atom is 0.229 e. The van der Waals surface area contributed by atoms with Crippen LogP contribution in [0.1, 0.15) is 57.8 Å². The Morgan fingerprint density at radius 3 is 2.33 bits per heavy atom. The quantitative estimate of drug-likeness (QED) is 0.352. The van der Waals surface area contributed by atoms with Gasteiger partial charge in [-0.3, -0.25) is 19.5 Å². The molecule has 118 valence electrons. The van der Waals surface area contributed by atoms with Crippen LogP contribution in [-0.2, 0) is 9.59 Å². The molecule has 1 saturated heterocycles. The number of imide groups is 1. The fraction of sp³-hybridized carbons (Fsp3) is 0.800. The van der Waals surface area contributed by atoms with Crippen LogP contribution in [-0.4, -0.2) is 41.8 Å². The zero-order valence-electron chi connectivity index (χ0n) is 12.6. The highest BCUT2D eigenvalue weighted by atomic mass is 16.2. The lowest BCUT2D eigenvalue weighted by molar-refractivity contribution is -0.147. The first-order chi connectivity index (χ1) is 10.2. The van der Waals surface area contributed by atoms with Crippen LogP contribution in [0.15, 0.2) is 4.99 Å². The predicted molar refractivity (Wildman–Crippen MR) is 81.7 cm³/mol. The molecule has 2 aliphatic rings. The number of likely N-dealkylation sites (tertiary alicyclic amines) is 1. The number of carbonyl (C=O) groups excluding carboxylic acids is 2. The Bertz CT molecular complexity index is 384. The van der Waals surface area contributed by atoms with E-state index in [1.54, 1.807) is 0 Å². The Balaban J connectivity index is 1.74. The second-order valence-corrected chi connectivity index (χ2v) is 5.89. The number of amides is 2. The number of aliphatic imine (C=N–C) groups is 1. The number of nitrogens with two attached hydrogens (primary N) is 1. The lowest BCUT2D eigenvalue weighted by Crippen LogP contribution is -2.43. The number of guanidine groups is 1. The summed E-state index contributed by atoms with van der Waals surface area (Å²) >= 11 is 0. The summed E-state index contributed by atoms with van der Waals surface area (Å²) in [4.78, 5) is 28.9. The number of nitrogens with zero attached hydrogens (tertiary/aromatic N) is 2. The monoisotopic (exact) mass is 294 g/mol. The molecule has 0 radical (unpaired) electrons. The van der Waals surface area contributed by atoms with E-state index in [1.165, 1.54) is 30.6 Å². The summed E-state index contributed by atoms with van der Waals surface area (Å²) in [6.45, 7) is 0.716. The first-order valence-electron chi connectivity index (χ1n) is 8.06. The van der Waals surface area contributed by atoms with E-state index in [0.717, 1.165) is 12.8 Å². The van der Waals surface area contributed by atoms with Gasteiger partial charge in [-0.25, -0.2) is 0 Å². The van der Waals surface area contributed by atoms with Gasteiger partial charge in [0.15, 0.2) is 5.96 Å². The Hall–Kier alpha value is -1.59. The van der Waals surface area contributed by atoms with Crippen LogP contribution >= 0.6 is 0 Å². The molecular formula is C15H26N4O2. The van der Waals surface area contributed by atoms with Crippen LogP contribution in [0.25, 0.3) is 0 Å². The number of nitrogens with one attached hydrogen (secondary N) is 1. The van der Waals surface area contributed by atoms with Gasteiger partial charge in [-0.05, 0) is 19.3 Å². The van der Waals surface area contributed by atoms with Crippen molar-refractivity contribution in [1.82, 2.24) is 10.2 Å². The van der Waals surface area contributed by atoms with Crippen LogP contribution in [0.4, 0.5) is 0 Å². The van der Waals surface area contributed by atoms with Gasteiger partial charge < -0.3 is 11.1 Å². The molecule has 6 nitrogen and oxygen atoms in total. The molecule has 1 aliphatic heterocycles. The molecule has 1 aliphatic carbocycles. The van der Waals surface area contributed by atoms with Gasteiger partial charge in [-0.1, -0.05) is 25.7 Å². The highest BCUT2D eigenvalue weighted by Gasteiger charge is 2.25. The zero-order valence-corrected chi connectivity index (χ0v) is 12.6. The summed E-state index contributed by atoms with van der Waals surface area (Å²) in [5.41, 5.74) is 5.89. The van der Waals surface area contributed by atoms with Crippen LogP contribution in [0.2, 0.25) is 0 Å². The van der Waals surface area contributed by atoms with E-state index in [1.807, 2.05) is 0 Å². The molecular weight excluding hydrogens is 268 g/mol. The maximum atomic E-state index is 11.6. The van der Waals surface area contributed by atoms with Crippen molar-refractivity contribution < 1.29 is 9.59 Å². The number of carbonyl (C=O) groups is 2. The molecule has 0 unspecified atom stereocenters. The lowest BCUT2D eigenvalue weighted by atomic mass is 10.1. The molecule has 0 aromatic carbocycles. The van der Waals surface area contributed by atoms with Crippen LogP contribution in [0, 0.1) is 0 Å². The van der Waals surface area contributed by atoms with Crippen molar-refractivity contribution in [3.8, 4) is 0 Å². The van der Waals surface area contributed by atoms with Crippen molar-refractivity contribution in [3.63, 3.8) is 0 Å². The highest BCUT2D eigenvalue weighted by molar-refractivity contribution is 5.97. The maximum absolute atomic E-state index is 11.6. The molecule has 2 rings (SSSR count). The fourth-order valence-corrected chi connectivity index (χ4v) is 3.00. The Labute approximate surface area is 126 Å². The zero-order chi connectivity index (χ0) is 15.1. The van der Waals surface area contributed by atoms with E-state index < -0.39 is 0 Å². The number of hydrogen-bond acceptors (Lipinski definition) is 3. The molecule has 0 atom stereocenters. The van der Waals surface area contributed by atoms with Gasteiger partial charge in [-0.2, -0.15) is 0 Å². The van der Waals surface area contributed by atoms with E-state index in [2.05, 4.69) is 10.3 Å². The van der Waals surface area contributed by atoms with E-state index in [9.17, 15) is 9.59 Å². The summed E-state index contributed by atoms with van der Waals surface area (Å²) < 4.78 is 0. The van der Waals surface area contributed by atoms with Gasteiger partial charge in [0.25, 0.3) is 0 Å². The Kier molecular flexibility index (Phi) is 6.02. The van der Waals surface area contributed by atoms with E-state index >= 15 is 0 Å². The van der Waals surface area contributed by atoms with Crippen molar-refractivity contribution in [2.24, 2.45) is 10.7 Å². The summed E-state index contributed by atoms with van der Waals surface area (Å²) in [6.07, 6.45) is 8.95. The van der Waals surface area contributed by atoms with Gasteiger partial charge >= 0.3 is 0 Å². The molecule has 3 N–H and O–H groups in total. The Morgan fingerprint density at radius 2 is 1.71 bits per heavy atom. The van der Waals surface area contributed by atoms with Crippen molar-refractivity contribution >= 4 is 17.8 Å². The van der Waals surface area contributed by atoms with E-state index in [0.29, 0.717) is 44.4 Å². The largest absolute Gasteiger partial charge is 0.370 e.